The number of aliphatic carboxylic acids is 2. The number of aromatic nitrogens is 5. The first-order valence-electron chi connectivity index (χ1n) is 25.9. The van der Waals surface area contributed by atoms with E-state index in [0.717, 1.165) is 41.0 Å². The molecule has 0 radical (unpaired) electrons. The highest BCUT2D eigenvalue weighted by Gasteiger charge is 2.32. The molecule has 410 valence electrons. The number of urea groups is 1. The van der Waals surface area contributed by atoms with Crippen molar-refractivity contribution in [3.8, 4) is 5.75 Å². The molecule has 2 aliphatic heterocycles. The Hall–Kier alpha value is -7.17. The molecule has 0 aliphatic carbocycles. The molecule has 2 aliphatic rings. The SMILES string of the molecule is CCC(Cn1cnc(C2CCCN2C(=O)Cc2ccc(OCc3ccccc3C)cc2)c1)C(=O)O.CCCCS(=O)(=O)NC(Cn1cnc(CN(C)C(=O)CN2CCC(NC(=O)Nc3ncccc3C)CC2)c1)C(=O)O. The third kappa shape index (κ3) is 17.7. The van der Waals surface area contributed by atoms with E-state index in [1.54, 1.807) is 36.7 Å². The number of nitrogens with zero attached hydrogens (tertiary/aromatic N) is 8. The number of carboxylic acids is 2. The third-order valence-electron chi connectivity index (χ3n) is 13.6. The summed E-state index contributed by atoms with van der Waals surface area (Å²) < 4.78 is 35.8. The monoisotopic (exact) mass is 1070 g/mol. The van der Waals surface area contributed by atoms with Crippen molar-refractivity contribution in [1.29, 1.82) is 0 Å². The van der Waals surface area contributed by atoms with Gasteiger partial charge in [-0.1, -0.05) is 62.7 Å². The molecule has 7 rings (SSSR count). The van der Waals surface area contributed by atoms with Gasteiger partial charge in [-0.2, -0.15) is 4.72 Å². The van der Waals surface area contributed by atoms with E-state index in [4.69, 9.17) is 4.74 Å². The number of ether oxygens (including phenoxy) is 1. The number of hydrogen-bond acceptors (Lipinski definition) is 12. The number of likely N-dealkylation sites (N-methyl/N-ethyl adjacent to an activating group) is 1. The average Bonchev–Trinajstić information content (AvgIpc) is 4.19. The molecular formula is C54H73N11O10S. The molecule has 0 spiro atoms. The van der Waals surface area contributed by atoms with Crippen molar-refractivity contribution in [2.24, 2.45) is 5.92 Å². The van der Waals surface area contributed by atoms with Crippen LogP contribution in [0.15, 0.2) is 91.9 Å². The van der Waals surface area contributed by atoms with Crippen LogP contribution in [-0.4, -0.2) is 138 Å². The minimum Gasteiger partial charge on any atom is -0.489 e. The number of carbonyl (C=O) groups is 5. The van der Waals surface area contributed by atoms with Gasteiger partial charge < -0.3 is 39.2 Å². The highest BCUT2D eigenvalue weighted by atomic mass is 32.2. The molecule has 21 nitrogen and oxygen atoms in total. The predicted octanol–water partition coefficient (Wildman–Crippen LogP) is 5.79. The average molecular weight is 1070 g/mol. The number of rotatable bonds is 24. The highest BCUT2D eigenvalue weighted by molar-refractivity contribution is 7.89. The van der Waals surface area contributed by atoms with Gasteiger partial charge in [0.15, 0.2) is 0 Å². The number of unbranched alkanes of at least 4 members (excludes halogenated alkanes) is 1. The smallest absolute Gasteiger partial charge is 0.323 e. The number of nitrogens with one attached hydrogen (secondary N) is 3. The summed E-state index contributed by atoms with van der Waals surface area (Å²) in [6, 6.07) is 17.9. The maximum atomic E-state index is 13.1. The van der Waals surface area contributed by atoms with Crippen molar-refractivity contribution in [2.75, 3.05) is 44.3 Å². The van der Waals surface area contributed by atoms with E-state index < -0.39 is 33.9 Å². The summed E-state index contributed by atoms with van der Waals surface area (Å²) in [4.78, 5) is 79.7. The normalized spacial score (nSPS) is 15.8. The third-order valence-corrected chi connectivity index (χ3v) is 15.1. The van der Waals surface area contributed by atoms with Crippen LogP contribution in [0.4, 0.5) is 10.6 Å². The second-order valence-corrected chi connectivity index (χ2v) is 21.4. The van der Waals surface area contributed by atoms with Gasteiger partial charge in [-0.3, -0.25) is 29.4 Å². The predicted molar refractivity (Wildman–Crippen MR) is 286 cm³/mol. The summed E-state index contributed by atoms with van der Waals surface area (Å²) in [7, 11) is -2.05. The number of sulfonamides is 1. The quantitative estimate of drug-likeness (QED) is 0.0490. The minimum absolute atomic E-state index is 0.00202. The van der Waals surface area contributed by atoms with Crippen molar-refractivity contribution in [1.82, 2.24) is 48.8 Å². The van der Waals surface area contributed by atoms with E-state index in [-0.39, 0.29) is 55.3 Å². The lowest BCUT2D eigenvalue weighted by atomic mass is 10.1. The molecule has 0 saturated carbocycles. The molecule has 5 aromatic rings. The first kappa shape index (κ1) is 58.1. The summed E-state index contributed by atoms with van der Waals surface area (Å²) >= 11 is 0. The van der Waals surface area contributed by atoms with Crippen LogP contribution < -0.4 is 20.1 Å². The van der Waals surface area contributed by atoms with Crippen LogP contribution in [-0.2, 0) is 61.9 Å². The topological polar surface area (TPSA) is 264 Å². The number of pyridine rings is 1. The van der Waals surface area contributed by atoms with E-state index in [0.29, 0.717) is 82.8 Å². The Bertz CT molecular complexity index is 2830. The van der Waals surface area contributed by atoms with Gasteiger partial charge in [-0.05, 0) is 92.8 Å². The van der Waals surface area contributed by atoms with Gasteiger partial charge in [0.1, 0.15) is 24.2 Å². The van der Waals surface area contributed by atoms with Gasteiger partial charge >= 0.3 is 18.0 Å². The number of benzene rings is 2. The zero-order valence-electron chi connectivity index (χ0n) is 44.1. The molecule has 2 fully saturated rings. The number of aryl methyl sites for hydroxylation is 2. The van der Waals surface area contributed by atoms with Crippen LogP contribution in [0.5, 0.6) is 5.75 Å². The fourth-order valence-corrected chi connectivity index (χ4v) is 10.4. The van der Waals surface area contributed by atoms with Crippen LogP contribution in [0.2, 0.25) is 0 Å². The molecule has 4 amide bonds. The Morgan fingerprint density at radius 3 is 2.24 bits per heavy atom. The minimum atomic E-state index is -3.72. The Labute approximate surface area is 445 Å². The first-order chi connectivity index (χ1) is 36.4. The lowest BCUT2D eigenvalue weighted by Crippen LogP contribution is -2.48. The Morgan fingerprint density at radius 2 is 1.55 bits per heavy atom. The number of carboxylic acid groups (broad SMARTS) is 2. The number of carbonyl (C=O) groups excluding carboxylic acids is 3. The van der Waals surface area contributed by atoms with Crippen molar-refractivity contribution < 1.29 is 47.3 Å². The number of piperidine rings is 1. The van der Waals surface area contributed by atoms with Crippen molar-refractivity contribution in [3.05, 3.63) is 126 Å². The van der Waals surface area contributed by atoms with E-state index in [1.165, 1.54) is 16.5 Å². The second-order valence-electron chi connectivity index (χ2n) is 19.5. The van der Waals surface area contributed by atoms with Gasteiger partial charge in [-0.25, -0.2) is 28.2 Å². The molecule has 2 aromatic carbocycles. The molecule has 3 aromatic heterocycles. The van der Waals surface area contributed by atoms with Crippen LogP contribution >= 0.6 is 0 Å². The highest BCUT2D eigenvalue weighted by Crippen LogP contribution is 2.32. The Morgan fingerprint density at radius 1 is 0.842 bits per heavy atom. The van der Waals surface area contributed by atoms with Gasteiger partial charge in [0.25, 0.3) is 0 Å². The zero-order chi connectivity index (χ0) is 54.8. The maximum Gasteiger partial charge on any atom is 0.323 e. The standard InChI is InChI=1S/C28H33N3O4.C26H40N8O6S/c1-3-22(28(33)34)16-30-17-25(29-19-30)26-9-6-14-31(26)27(32)15-21-10-12-24(13-11-21)35-18-23-8-5-4-7-20(23)2;1-4-5-13-41(39,40)31-22(25(36)37)16-34-15-21(28-18-34)14-32(3)23(35)17-33-11-8-20(9-12-33)29-26(38)30-24-19(2)7-6-10-27-24/h4-5,7-8,10-13,17,19,22,26H,3,6,9,14-16,18H2,1-2H3,(H,33,34);6-7,10,15,18,20,22,31H,4-5,8-9,11-14,16-17H2,1-3H3,(H,36,37)(H2,27,29,30,38). The number of imidazole rings is 2. The lowest BCUT2D eigenvalue weighted by molar-refractivity contribution is -0.142. The van der Waals surface area contributed by atoms with E-state index >= 15 is 0 Å². The summed E-state index contributed by atoms with van der Waals surface area (Å²) in [5.74, 6) is -1.38. The van der Waals surface area contributed by atoms with E-state index in [2.05, 4.69) is 49.4 Å². The number of hydrogen-bond donors (Lipinski definition) is 5. The molecule has 5 N–H and O–H groups in total. The van der Waals surface area contributed by atoms with Crippen molar-refractivity contribution in [3.63, 3.8) is 0 Å². The molecule has 76 heavy (non-hydrogen) atoms. The van der Waals surface area contributed by atoms with Crippen LogP contribution in [0, 0.1) is 19.8 Å². The number of likely N-dealkylation sites (tertiary alicyclic amines) is 2. The second kappa shape index (κ2) is 28.1. The Kier molecular flexibility index (Phi) is 21.5. The Balaban J connectivity index is 0.000000249. The van der Waals surface area contributed by atoms with Crippen LogP contribution in [0.3, 0.4) is 0 Å². The summed E-state index contributed by atoms with van der Waals surface area (Å²) in [6.45, 7) is 10.9. The summed E-state index contributed by atoms with van der Waals surface area (Å²) in [5.41, 5.74) is 5.56. The fraction of sp³-hybridized carbons (Fsp3) is 0.481. The van der Waals surface area contributed by atoms with Crippen LogP contribution in [0.1, 0.15) is 98.5 Å². The molecular weight excluding hydrogens is 995 g/mol. The van der Waals surface area contributed by atoms with E-state index in [9.17, 15) is 42.6 Å². The van der Waals surface area contributed by atoms with Gasteiger partial charge in [-0.15, -0.1) is 0 Å². The van der Waals surface area contributed by atoms with Crippen molar-refractivity contribution >= 4 is 45.6 Å². The first-order valence-corrected chi connectivity index (χ1v) is 27.5. The number of anilines is 1. The van der Waals surface area contributed by atoms with E-state index in [1.807, 2.05) is 83.8 Å². The van der Waals surface area contributed by atoms with Gasteiger partial charge in [0, 0.05) is 57.9 Å². The molecule has 0 bridgehead atoms. The molecule has 5 heterocycles. The van der Waals surface area contributed by atoms with Crippen molar-refractivity contribution in [2.45, 2.75) is 123 Å². The molecule has 2 saturated heterocycles. The van der Waals surface area contributed by atoms with Gasteiger partial charge in [0.05, 0.1) is 67.8 Å². The summed E-state index contributed by atoms with van der Waals surface area (Å²) in [5, 5.41) is 24.6. The largest absolute Gasteiger partial charge is 0.489 e. The fourth-order valence-electron chi connectivity index (χ4n) is 8.97. The maximum absolute atomic E-state index is 13.1. The zero-order valence-corrected chi connectivity index (χ0v) is 45.0. The molecule has 3 atom stereocenters. The number of amides is 4. The molecule has 3 unspecified atom stereocenters. The molecule has 22 heteroatoms. The van der Waals surface area contributed by atoms with Gasteiger partial charge in [0.2, 0.25) is 21.8 Å². The lowest BCUT2D eigenvalue weighted by Gasteiger charge is -2.32. The van der Waals surface area contributed by atoms with Crippen LogP contribution in [0.25, 0.3) is 0 Å². The summed E-state index contributed by atoms with van der Waals surface area (Å²) in [6.07, 6.45) is 13.4.